The van der Waals surface area contributed by atoms with E-state index in [0.29, 0.717) is 17.1 Å². The second kappa shape index (κ2) is 4.15. The summed E-state index contributed by atoms with van der Waals surface area (Å²) in [5, 5.41) is 9.00. The van der Waals surface area contributed by atoms with Crippen LogP contribution in [0.1, 0.15) is 29.8 Å². The van der Waals surface area contributed by atoms with Gasteiger partial charge in [-0.1, -0.05) is 0 Å². The molecule has 0 fully saturated rings. The number of nitrogens with two attached hydrogens (primary N) is 1. The highest BCUT2D eigenvalue weighted by atomic mass is 15.1. The quantitative estimate of drug-likeness (QED) is 0.819. The SMILES string of the molecule is N#Cc1ccnc(-n2cnc3c2CCCC3)c1N. The van der Waals surface area contributed by atoms with Crippen LogP contribution in [0.3, 0.4) is 0 Å². The molecular formula is C13H13N5. The van der Waals surface area contributed by atoms with Crippen molar-refractivity contribution in [2.45, 2.75) is 25.7 Å². The maximum absolute atomic E-state index is 9.00. The van der Waals surface area contributed by atoms with E-state index in [2.05, 4.69) is 16.0 Å². The van der Waals surface area contributed by atoms with Gasteiger partial charge in [0.05, 0.1) is 16.9 Å². The smallest absolute Gasteiger partial charge is 0.162 e. The van der Waals surface area contributed by atoms with E-state index in [0.717, 1.165) is 25.0 Å². The number of nitrogens with zero attached hydrogens (tertiary/aromatic N) is 4. The molecule has 2 N–H and O–H groups in total. The van der Waals surface area contributed by atoms with Crippen LogP contribution in [0.4, 0.5) is 5.69 Å². The van der Waals surface area contributed by atoms with E-state index in [1.165, 1.54) is 12.1 Å². The summed E-state index contributed by atoms with van der Waals surface area (Å²) < 4.78 is 1.92. The van der Waals surface area contributed by atoms with Gasteiger partial charge in [0, 0.05) is 11.9 Å². The Balaban J connectivity index is 2.16. The van der Waals surface area contributed by atoms with Gasteiger partial charge in [-0.15, -0.1) is 0 Å². The molecule has 0 aromatic carbocycles. The van der Waals surface area contributed by atoms with E-state index < -0.39 is 0 Å². The number of hydrogen-bond acceptors (Lipinski definition) is 4. The van der Waals surface area contributed by atoms with Crippen molar-refractivity contribution in [3.63, 3.8) is 0 Å². The highest BCUT2D eigenvalue weighted by Gasteiger charge is 2.18. The van der Waals surface area contributed by atoms with Crippen molar-refractivity contribution in [1.29, 1.82) is 5.26 Å². The van der Waals surface area contributed by atoms with Gasteiger partial charge in [0.15, 0.2) is 5.82 Å². The first-order valence-electron chi connectivity index (χ1n) is 6.01. The highest BCUT2D eigenvalue weighted by Crippen LogP contribution is 2.25. The number of aryl methyl sites for hydroxylation is 1. The van der Waals surface area contributed by atoms with Crippen molar-refractivity contribution < 1.29 is 0 Å². The first-order chi connectivity index (χ1) is 8.81. The van der Waals surface area contributed by atoms with Gasteiger partial charge in [0.2, 0.25) is 0 Å². The fourth-order valence-electron chi connectivity index (χ4n) is 2.40. The standard InChI is InChI=1S/C13H13N5/c14-7-9-5-6-16-13(12(9)15)18-8-17-10-3-1-2-4-11(10)18/h5-6,8H,1-4,15H2. The van der Waals surface area contributed by atoms with E-state index in [-0.39, 0.29) is 0 Å². The minimum atomic E-state index is 0.422. The molecule has 5 heteroatoms. The summed E-state index contributed by atoms with van der Waals surface area (Å²) in [5.41, 5.74) is 9.17. The number of imidazole rings is 1. The average Bonchev–Trinajstić information content (AvgIpc) is 2.83. The summed E-state index contributed by atoms with van der Waals surface area (Å²) in [6.07, 6.45) is 7.73. The molecule has 0 bridgehead atoms. The maximum Gasteiger partial charge on any atom is 0.162 e. The Hall–Kier alpha value is -2.35. The molecule has 2 aromatic rings. The molecule has 2 heterocycles. The van der Waals surface area contributed by atoms with Crippen molar-refractivity contribution in [2.75, 3.05) is 5.73 Å². The fourth-order valence-corrected chi connectivity index (χ4v) is 2.40. The predicted octanol–water partition coefficient (Wildman–Crippen LogP) is 1.60. The number of aromatic nitrogens is 3. The van der Waals surface area contributed by atoms with Crippen molar-refractivity contribution in [3.05, 3.63) is 35.5 Å². The zero-order valence-electron chi connectivity index (χ0n) is 9.93. The van der Waals surface area contributed by atoms with E-state index in [1.807, 2.05) is 4.57 Å². The molecule has 1 aliphatic carbocycles. The Morgan fingerprint density at radius 1 is 1.28 bits per heavy atom. The van der Waals surface area contributed by atoms with Gasteiger partial charge in [-0.2, -0.15) is 5.26 Å². The lowest BCUT2D eigenvalue weighted by atomic mass is 10.0. The van der Waals surface area contributed by atoms with E-state index >= 15 is 0 Å². The van der Waals surface area contributed by atoms with Crippen LogP contribution < -0.4 is 5.73 Å². The van der Waals surface area contributed by atoms with E-state index in [1.54, 1.807) is 18.6 Å². The van der Waals surface area contributed by atoms with Crippen LogP contribution >= 0.6 is 0 Å². The Morgan fingerprint density at radius 3 is 2.94 bits per heavy atom. The van der Waals surface area contributed by atoms with Crippen LogP contribution in [0.2, 0.25) is 0 Å². The van der Waals surface area contributed by atoms with Gasteiger partial charge in [-0.3, -0.25) is 4.57 Å². The number of rotatable bonds is 1. The molecule has 90 valence electrons. The third-order valence-corrected chi connectivity index (χ3v) is 3.35. The van der Waals surface area contributed by atoms with E-state index in [9.17, 15) is 0 Å². The van der Waals surface area contributed by atoms with Gasteiger partial charge in [-0.25, -0.2) is 9.97 Å². The molecule has 0 spiro atoms. The van der Waals surface area contributed by atoms with Gasteiger partial charge >= 0.3 is 0 Å². The zero-order chi connectivity index (χ0) is 12.5. The number of pyridine rings is 1. The first kappa shape index (κ1) is 10.8. The molecule has 0 radical (unpaired) electrons. The fraction of sp³-hybridized carbons (Fsp3) is 0.308. The molecule has 18 heavy (non-hydrogen) atoms. The molecule has 0 unspecified atom stereocenters. The van der Waals surface area contributed by atoms with Crippen molar-refractivity contribution in [3.8, 4) is 11.9 Å². The Bertz CT molecular complexity index is 635. The molecule has 0 amide bonds. The number of nitriles is 1. The van der Waals surface area contributed by atoms with Gasteiger partial charge in [0.1, 0.15) is 12.4 Å². The lowest BCUT2D eigenvalue weighted by molar-refractivity contribution is 0.654. The number of anilines is 1. The maximum atomic E-state index is 9.00. The third-order valence-electron chi connectivity index (χ3n) is 3.35. The monoisotopic (exact) mass is 239 g/mol. The molecular weight excluding hydrogens is 226 g/mol. The summed E-state index contributed by atoms with van der Waals surface area (Å²) in [4.78, 5) is 8.70. The van der Waals surface area contributed by atoms with Crippen molar-refractivity contribution in [1.82, 2.24) is 14.5 Å². The number of fused-ring (bicyclic) bond motifs is 1. The van der Waals surface area contributed by atoms with Crippen LogP contribution in [0.15, 0.2) is 18.6 Å². The number of nitrogen functional groups attached to an aromatic ring is 1. The molecule has 0 aliphatic heterocycles. The summed E-state index contributed by atoms with van der Waals surface area (Å²) >= 11 is 0. The Morgan fingerprint density at radius 2 is 2.11 bits per heavy atom. The summed E-state index contributed by atoms with van der Waals surface area (Å²) in [6.45, 7) is 0. The van der Waals surface area contributed by atoms with Gasteiger partial charge < -0.3 is 5.73 Å². The van der Waals surface area contributed by atoms with Crippen molar-refractivity contribution >= 4 is 5.69 Å². The molecule has 0 saturated carbocycles. The lowest BCUT2D eigenvalue weighted by Gasteiger charge is -2.14. The highest BCUT2D eigenvalue weighted by molar-refractivity contribution is 5.63. The van der Waals surface area contributed by atoms with Crippen LogP contribution in [0, 0.1) is 11.3 Å². The molecule has 0 atom stereocenters. The minimum Gasteiger partial charge on any atom is -0.395 e. The summed E-state index contributed by atoms with van der Waals surface area (Å²) in [7, 11) is 0. The van der Waals surface area contributed by atoms with E-state index in [4.69, 9.17) is 11.0 Å². The second-order valence-corrected chi connectivity index (χ2v) is 4.42. The Kier molecular flexibility index (Phi) is 2.49. The molecule has 2 aromatic heterocycles. The lowest BCUT2D eigenvalue weighted by Crippen LogP contribution is -2.10. The minimum absolute atomic E-state index is 0.422. The van der Waals surface area contributed by atoms with Crippen LogP contribution in [-0.4, -0.2) is 14.5 Å². The number of hydrogen-bond donors (Lipinski definition) is 1. The summed E-state index contributed by atoms with van der Waals surface area (Å²) in [6, 6.07) is 3.71. The second-order valence-electron chi connectivity index (χ2n) is 4.42. The molecule has 0 saturated heterocycles. The largest absolute Gasteiger partial charge is 0.395 e. The van der Waals surface area contributed by atoms with Crippen LogP contribution in [-0.2, 0) is 12.8 Å². The topological polar surface area (TPSA) is 80.5 Å². The molecule has 3 rings (SSSR count). The van der Waals surface area contributed by atoms with Crippen molar-refractivity contribution in [2.24, 2.45) is 0 Å². The van der Waals surface area contributed by atoms with Gasteiger partial charge in [-0.05, 0) is 31.7 Å². The van der Waals surface area contributed by atoms with Gasteiger partial charge in [0.25, 0.3) is 0 Å². The predicted molar refractivity (Wildman–Crippen MR) is 67.1 cm³/mol. The average molecular weight is 239 g/mol. The van der Waals surface area contributed by atoms with Crippen LogP contribution in [0.5, 0.6) is 0 Å². The first-order valence-corrected chi connectivity index (χ1v) is 6.01. The summed E-state index contributed by atoms with van der Waals surface area (Å²) in [5.74, 6) is 0.615. The molecule has 5 nitrogen and oxygen atoms in total. The normalized spacial score (nSPS) is 13.9. The molecule has 1 aliphatic rings. The zero-order valence-corrected chi connectivity index (χ0v) is 9.93. The Labute approximate surface area is 105 Å². The third kappa shape index (κ3) is 1.54. The van der Waals surface area contributed by atoms with Crippen LogP contribution in [0.25, 0.3) is 5.82 Å².